The molecule has 16 heavy (non-hydrogen) atoms. The summed E-state index contributed by atoms with van der Waals surface area (Å²) >= 11 is 0. The number of aliphatic hydroxyl groups is 1. The molecule has 0 saturated heterocycles. The van der Waals surface area contributed by atoms with Crippen molar-refractivity contribution in [3.05, 3.63) is 35.4 Å². The van der Waals surface area contributed by atoms with E-state index < -0.39 is 6.10 Å². The molecule has 2 heteroatoms. The van der Waals surface area contributed by atoms with E-state index in [-0.39, 0.29) is 5.78 Å². The predicted molar refractivity (Wildman–Crippen MR) is 62.6 cm³/mol. The first-order chi connectivity index (χ1) is 7.58. The Morgan fingerprint density at radius 1 is 1.31 bits per heavy atom. The number of rotatable bonds is 0. The Labute approximate surface area is 95.3 Å². The van der Waals surface area contributed by atoms with E-state index in [4.69, 9.17) is 5.11 Å². The molecule has 1 unspecified atom stereocenters. The van der Waals surface area contributed by atoms with Gasteiger partial charge >= 0.3 is 0 Å². The summed E-state index contributed by atoms with van der Waals surface area (Å²) in [5, 5.41) is 9.01. The maximum Gasteiger partial charge on any atom is 0.202 e. The number of ketones is 1. The van der Waals surface area contributed by atoms with Crippen molar-refractivity contribution in [1.82, 2.24) is 0 Å². The average Bonchev–Trinajstić information content (AvgIpc) is 2.24. The summed E-state index contributed by atoms with van der Waals surface area (Å²) in [5.74, 6) is 10.5. The molecule has 0 radical (unpaired) electrons. The van der Waals surface area contributed by atoms with Crippen LogP contribution in [0.25, 0.3) is 0 Å². The first-order valence-electron chi connectivity index (χ1n) is 4.90. The molecule has 0 amide bonds. The number of carbonyl (C=O) groups is 1. The van der Waals surface area contributed by atoms with E-state index in [1.807, 2.05) is 18.2 Å². The van der Waals surface area contributed by atoms with Gasteiger partial charge in [0.1, 0.15) is 6.10 Å². The van der Waals surface area contributed by atoms with Gasteiger partial charge in [0.05, 0.1) is 0 Å². The summed E-state index contributed by atoms with van der Waals surface area (Å²) in [6, 6.07) is 7.24. The molecule has 0 aromatic heterocycles. The van der Waals surface area contributed by atoms with Gasteiger partial charge in [0.25, 0.3) is 0 Å². The lowest BCUT2D eigenvalue weighted by Gasteiger charge is -1.93. The number of hydrogen-bond donors (Lipinski definition) is 1. The Morgan fingerprint density at radius 2 is 1.94 bits per heavy atom. The summed E-state index contributed by atoms with van der Waals surface area (Å²) in [6.45, 7) is 3.02. The summed E-state index contributed by atoms with van der Waals surface area (Å²) < 4.78 is 0. The quantitative estimate of drug-likeness (QED) is 0.659. The van der Waals surface area contributed by atoms with Crippen LogP contribution in [0, 0.1) is 23.7 Å². The van der Waals surface area contributed by atoms with Crippen molar-refractivity contribution in [2.75, 3.05) is 0 Å². The molecule has 0 aliphatic carbocycles. The molecule has 80 valence electrons. The third-order valence-corrected chi connectivity index (χ3v) is 1.67. The largest absolute Gasteiger partial charge is 0.381 e. The molecule has 0 heterocycles. The van der Waals surface area contributed by atoms with E-state index in [2.05, 4.69) is 23.7 Å². The molecule has 1 N–H and O–H groups in total. The van der Waals surface area contributed by atoms with E-state index in [0.717, 1.165) is 11.1 Å². The molecule has 1 aromatic carbocycles. The van der Waals surface area contributed by atoms with Crippen LogP contribution in [0.3, 0.4) is 0 Å². The molecule has 0 aliphatic heterocycles. The minimum Gasteiger partial charge on any atom is -0.381 e. The Bertz CT molecular complexity index is 505. The molecule has 1 atom stereocenters. The van der Waals surface area contributed by atoms with E-state index >= 15 is 0 Å². The van der Waals surface area contributed by atoms with Crippen LogP contribution in [0.15, 0.2) is 24.3 Å². The highest BCUT2D eigenvalue weighted by molar-refractivity contribution is 5.93. The van der Waals surface area contributed by atoms with Crippen LogP contribution in [0.5, 0.6) is 0 Å². The molecular weight excluding hydrogens is 200 g/mol. The summed E-state index contributed by atoms with van der Waals surface area (Å²) in [4.78, 5) is 10.7. The molecule has 0 bridgehead atoms. The fourth-order valence-corrected chi connectivity index (χ4v) is 1.02. The van der Waals surface area contributed by atoms with Crippen LogP contribution in [0.4, 0.5) is 0 Å². The van der Waals surface area contributed by atoms with Crippen molar-refractivity contribution in [3.63, 3.8) is 0 Å². The van der Waals surface area contributed by atoms with Crippen LogP contribution in [0.2, 0.25) is 0 Å². The molecular formula is C14H12O2. The molecule has 2 nitrogen and oxygen atoms in total. The van der Waals surface area contributed by atoms with Crippen molar-refractivity contribution in [2.24, 2.45) is 0 Å². The lowest BCUT2D eigenvalue weighted by Crippen LogP contribution is -1.92. The van der Waals surface area contributed by atoms with Gasteiger partial charge in [0.15, 0.2) is 0 Å². The predicted octanol–water partition coefficient (Wildman–Crippen LogP) is 1.36. The third-order valence-electron chi connectivity index (χ3n) is 1.67. The second-order valence-electron chi connectivity index (χ2n) is 3.33. The van der Waals surface area contributed by atoms with Crippen LogP contribution in [-0.4, -0.2) is 17.0 Å². The zero-order valence-corrected chi connectivity index (χ0v) is 9.24. The second-order valence-corrected chi connectivity index (χ2v) is 3.33. The lowest BCUT2D eigenvalue weighted by atomic mass is 10.1. The Balaban J connectivity index is 2.94. The van der Waals surface area contributed by atoms with Gasteiger partial charge in [-0.25, -0.2) is 0 Å². The van der Waals surface area contributed by atoms with E-state index in [9.17, 15) is 4.79 Å². The normalized spacial score (nSPS) is 10.4. The van der Waals surface area contributed by atoms with Gasteiger partial charge in [0.2, 0.25) is 5.78 Å². The minimum atomic E-state index is -0.646. The van der Waals surface area contributed by atoms with Crippen molar-refractivity contribution >= 4 is 5.78 Å². The van der Waals surface area contributed by atoms with Gasteiger partial charge in [-0.3, -0.25) is 4.79 Å². The fraction of sp³-hybridized carbons (Fsp3) is 0.214. The van der Waals surface area contributed by atoms with Crippen molar-refractivity contribution in [2.45, 2.75) is 20.0 Å². The maximum absolute atomic E-state index is 10.7. The van der Waals surface area contributed by atoms with Gasteiger partial charge in [-0.05, 0) is 31.0 Å². The molecule has 1 rings (SSSR count). The van der Waals surface area contributed by atoms with Crippen LogP contribution in [0.1, 0.15) is 25.0 Å². The standard InChI is InChI=1S/C14H12O2/c1-11(15)6-8-13-4-3-5-14(10-13)9-7-12(2)16/h3-5,10-11,15H,1-2H3. The number of Topliss-reactive ketones (excluding diaryl/α,β-unsaturated/α-hetero) is 1. The van der Waals surface area contributed by atoms with Crippen LogP contribution < -0.4 is 0 Å². The van der Waals surface area contributed by atoms with Gasteiger partial charge in [0, 0.05) is 18.1 Å². The van der Waals surface area contributed by atoms with E-state index in [1.165, 1.54) is 6.92 Å². The minimum absolute atomic E-state index is 0.166. The third kappa shape index (κ3) is 4.46. The molecule has 0 aliphatic rings. The van der Waals surface area contributed by atoms with Crippen LogP contribution >= 0.6 is 0 Å². The number of aliphatic hydroxyl groups excluding tert-OH is 1. The smallest absolute Gasteiger partial charge is 0.202 e. The maximum atomic E-state index is 10.7. The number of benzene rings is 1. The number of hydrogen-bond acceptors (Lipinski definition) is 2. The Hall–Kier alpha value is -2.03. The van der Waals surface area contributed by atoms with E-state index in [0.29, 0.717) is 0 Å². The van der Waals surface area contributed by atoms with Crippen molar-refractivity contribution in [3.8, 4) is 23.7 Å². The molecule has 0 fully saturated rings. The average molecular weight is 212 g/mol. The number of carbonyl (C=O) groups excluding carboxylic acids is 1. The Morgan fingerprint density at radius 3 is 2.50 bits per heavy atom. The van der Waals surface area contributed by atoms with Gasteiger partial charge in [-0.2, -0.15) is 0 Å². The summed E-state index contributed by atoms with van der Waals surface area (Å²) in [7, 11) is 0. The highest BCUT2D eigenvalue weighted by Gasteiger charge is 1.91. The van der Waals surface area contributed by atoms with Crippen molar-refractivity contribution in [1.29, 1.82) is 0 Å². The van der Waals surface area contributed by atoms with Crippen molar-refractivity contribution < 1.29 is 9.90 Å². The molecule has 0 saturated carbocycles. The Kier molecular flexibility index (Phi) is 4.33. The molecule has 1 aromatic rings. The SMILES string of the molecule is CC(=O)C#Cc1cccc(C#CC(C)O)c1. The van der Waals surface area contributed by atoms with Crippen LogP contribution in [-0.2, 0) is 4.79 Å². The molecule has 0 spiro atoms. The summed E-state index contributed by atoms with van der Waals surface area (Å²) in [6.07, 6.45) is -0.646. The lowest BCUT2D eigenvalue weighted by molar-refractivity contribution is -0.111. The monoisotopic (exact) mass is 212 g/mol. The zero-order valence-electron chi connectivity index (χ0n) is 9.24. The topological polar surface area (TPSA) is 37.3 Å². The van der Waals surface area contributed by atoms with Gasteiger partial charge in [-0.1, -0.05) is 23.8 Å². The summed E-state index contributed by atoms with van der Waals surface area (Å²) in [5.41, 5.74) is 1.52. The zero-order chi connectivity index (χ0) is 12.0. The van der Waals surface area contributed by atoms with Gasteiger partial charge < -0.3 is 5.11 Å². The first-order valence-corrected chi connectivity index (χ1v) is 4.90. The second kappa shape index (κ2) is 5.75. The highest BCUT2D eigenvalue weighted by atomic mass is 16.3. The fourth-order valence-electron chi connectivity index (χ4n) is 1.02. The van der Waals surface area contributed by atoms with Gasteiger partial charge in [-0.15, -0.1) is 0 Å². The van der Waals surface area contributed by atoms with E-state index in [1.54, 1.807) is 13.0 Å². The first kappa shape index (κ1) is 12.0. The highest BCUT2D eigenvalue weighted by Crippen LogP contribution is 2.02.